The lowest BCUT2D eigenvalue weighted by Crippen LogP contribution is -1.93. The highest BCUT2D eigenvalue weighted by atomic mass is 14.2. The van der Waals surface area contributed by atoms with Crippen molar-refractivity contribution in [2.75, 3.05) is 0 Å². The molecule has 0 radical (unpaired) electrons. The predicted octanol–water partition coefficient (Wildman–Crippen LogP) is 16.9. The van der Waals surface area contributed by atoms with E-state index < -0.39 is 0 Å². The van der Waals surface area contributed by atoms with Gasteiger partial charge in [0, 0.05) is 0 Å². The first kappa shape index (κ1) is 34.3. The summed E-state index contributed by atoms with van der Waals surface area (Å²) in [4.78, 5) is 0. The van der Waals surface area contributed by atoms with Crippen LogP contribution in [0.3, 0.4) is 0 Å². The van der Waals surface area contributed by atoms with Crippen molar-refractivity contribution < 1.29 is 0 Å². The van der Waals surface area contributed by atoms with Gasteiger partial charge in [-0.15, -0.1) is 0 Å². The molecular weight excluding hydrogens is 721 g/mol. The third kappa shape index (κ3) is 5.53. The average molecular weight is 759 g/mol. The molecule has 0 unspecified atom stereocenters. The third-order valence-electron chi connectivity index (χ3n) is 12.6. The van der Waals surface area contributed by atoms with Crippen LogP contribution in [0.25, 0.3) is 120 Å². The fraction of sp³-hybridized carbons (Fsp3) is 0. The van der Waals surface area contributed by atoms with Crippen molar-refractivity contribution in [1.82, 2.24) is 0 Å². The largest absolute Gasteiger partial charge is 0.0622 e. The first-order chi connectivity index (χ1) is 29.8. The van der Waals surface area contributed by atoms with Crippen molar-refractivity contribution in [3.63, 3.8) is 0 Å². The molecule has 278 valence electrons. The van der Waals surface area contributed by atoms with E-state index in [-0.39, 0.29) is 0 Å². The third-order valence-corrected chi connectivity index (χ3v) is 12.6. The number of hydrogen-bond acceptors (Lipinski definition) is 0. The van der Waals surface area contributed by atoms with Gasteiger partial charge in [0.15, 0.2) is 0 Å². The van der Waals surface area contributed by atoms with Crippen molar-refractivity contribution in [1.29, 1.82) is 0 Å². The van der Waals surface area contributed by atoms with Gasteiger partial charge in [-0.2, -0.15) is 0 Å². The van der Waals surface area contributed by atoms with E-state index in [0.29, 0.717) is 0 Å². The van der Waals surface area contributed by atoms with Gasteiger partial charge < -0.3 is 0 Å². The number of fused-ring (bicyclic) bond motifs is 7. The van der Waals surface area contributed by atoms with Gasteiger partial charge in [-0.05, 0) is 145 Å². The Kier molecular flexibility index (Phi) is 7.96. The van der Waals surface area contributed by atoms with E-state index in [2.05, 4.69) is 231 Å². The SMILES string of the molecule is c1ccc(-c2c3ccccc3c(-c3ccc4ccc(-c5ccc6ccccc6c5)c(-c5cccc(-c6cc7ccccc7c7ccccc67)c5)c4c3)c3ccccc23)cc1. The molecule has 0 heteroatoms. The van der Waals surface area contributed by atoms with Crippen LogP contribution in [0.1, 0.15) is 0 Å². The molecule has 0 amide bonds. The molecule has 12 rings (SSSR count). The monoisotopic (exact) mass is 758 g/mol. The molecule has 12 aromatic rings. The molecule has 0 spiro atoms. The van der Waals surface area contributed by atoms with Crippen LogP contribution in [0.5, 0.6) is 0 Å². The Balaban J connectivity index is 1.15. The Bertz CT molecular complexity index is 3590. The summed E-state index contributed by atoms with van der Waals surface area (Å²) in [5.41, 5.74) is 12.3. The Labute approximate surface area is 349 Å². The van der Waals surface area contributed by atoms with E-state index in [4.69, 9.17) is 0 Å². The first-order valence-electron chi connectivity index (χ1n) is 20.8. The number of benzene rings is 12. The standard InChI is InChI=1S/C60H38/c1-2-16-41(17-3-1)58-52-25-10-12-27-54(52)60(55-28-13-11-26-53(55)58)47-32-30-40-33-34-49(45-31-29-39-15-4-5-18-42(39)35-45)59(57(40)38-47)46-21-14-20-43(36-46)56-37-44-19-6-7-22-48(44)50-23-8-9-24-51(50)56/h1-38H. The van der Waals surface area contributed by atoms with Gasteiger partial charge in [-0.25, -0.2) is 0 Å². The molecule has 60 heavy (non-hydrogen) atoms. The predicted molar refractivity (Wildman–Crippen MR) is 259 cm³/mol. The Morgan fingerprint density at radius 1 is 0.167 bits per heavy atom. The maximum absolute atomic E-state index is 2.46. The van der Waals surface area contributed by atoms with E-state index in [1.165, 1.54) is 120 Å². The molecule has 0 aliphatic rings. The molecule has 0 bridgehead atoms. The smallest absolute Gasteiger partial charge is 0.00261 e. The van der Waals surface area contributed by atoms with Crippen LogP contribution in [0.15, 0.2) is 231 Å². The first-order valence-corrected chi connectivity index (χ1v) is 20.8. The Morgan fingerprint density at radius 3 is 1.38 bits per heavy atom. The van der Waals surface area contributed by atoms with Crippen molar-refractivity contribution in [3.05, 3.63) is 231 Å². The summed E-state index contributed by atoms with van der Waals surface area (Å²) < 4.78 is 0. The summed E-state index contributed by atoms with van der Waals surface area (Å²) in [6, 6.07) is 85.3. The zero-order valence-corrected chi connectivity index (χ0v) is 32.9. The maximum Gasteiger partial charge on any atom is -0.00261 e. The van der Waals surface area contributed by atoms with Crippen LogP contribution in [0, 0.1) is 0 Å². The van der Waals surface area contributed by atoms with Crippen LogP contribution in [-0.2, 0) is 0 Å². The highest BCUT2D eigenvalue weighted by Gasteiger charge is 2.19. The molecular formula is C60H38. The summed E-state index contributed by atoms with van der Waals surface area (Å²) in [5.74, 6) is 0. The van der Waals surface area contributed by atoms with Crippen LogP contribution >= 0.6 is 0 Å². The van der Waals surface area contributed by atoms with Gasteiger partial charge in [-0.3, -0.25) is 0 Å². The highest BCUT2D eigenvalue weighted by Crippen LogP contribution is 2.47. The Morgan fingerprint density at radius 2 is 0.650 bits per heavy atom. The fourth-order valence-electron chi connectivity index (χ4n) is 9.87. The van der Waals surface area contributed by atoms with Gasteiger partial charge in [0.2, 0.25) is 0 Å². The summed E-state index contributed by atoms with van der Waals surface area (Å²) >= 11 is 0. The van der Waals surface area contributed by atoms with Crippen LogP contribution in [-0.4, -0.2) is 0 Å². The van der Waals surface area contributed by atoms with Crippen molar-refractivity contribution >= 4 is 64.6 Å². The van der Waals surface area contributed by atoms with Gasteiger partial charge in [0.25, 0.3) is 0 Å². The molecule has 12 aromatic carbocycles. The Hall–Kier alpha value is -7.80. The lowest BCUT2D eigenvalue weighted by atomic mass is 9.84. The zero-order chi connectivity index (χ0) is 39.6. The van der Waals surface area contributed by atoms with E-state index >= 15 is 0 Å². The summed E-state index contributed by atoms with van der Waals surface area (Å²) in [6.07, 6.45) is 0. The molecule has 0 atom stereocenters. The van der Waals surface area contributed by atoms with Crippen molar-refractivity contribution in [2.45, 2.75) is 0 Å². The minimum Gasteiger partial charge on any atom is -0.0622 e. The minimum atomic E-state index is 1.20. The summed E-state index contributed by atoms with van der Waals surface area (Å²) in [6.45, 7) is 0. The highest BCUT2D eigenvalue weighted by molar-refractivity contribution is 6.22. The van der Waals surface area contributed by atoms with Crippen LogP contribution in [0.2, 0.25) is 0 Å². The second-order valence-electron chi connectivity index (χ2n) is 16.0. The van der Waals surface area contributed by atoms with Crippen LogP contribution < -0.4 is 0 Å². The topological polar surface area (TPSA) is 0 Å². The molecule has 0 heterocycles. The molecule has 0 aliphatic heterocycles. The normalized spacial score (nSPS) is 11.7. The van der Waals surface area contributed by atoms with E-state index in [1.807, 2.05) is 0 Å². The van der Waals surface area contributed by atoms with E-state index in [9.17, 15) is 0 Å². The lowest BCUT2D eigenvalue weighted by molar-refractivity contribution is 1.61. The second-order valence-corrected chi connectivity index (χ2v) is 16.0. The molecule has 0 aliphatic carbocycles. The van der Waals surface area contributed by atoms with E-state index in [0.717, 1.165) is 0 Å². The van der Waals surface area contributed by atoms with Gasteiger partial charge in [0.1, 0.15) is 0 Å². The van der Waals surface area contributed by atoms with Gasteiger partial charge >= 0.3 is 0 Å². The second kappa shape index (κ2) is 13.9. The summed E-state index contributed by atoms with van der Waals surface area (Å²) in [7, 11) is 0. The van der Waals surface area contributed by atoms with Crippen molar-refractivity contribution in [2.24, 2.45) is 0 Å². The zero-order valence-electron chi connectivity index (χ0n) is 32.9. The summed E-state index contributed by atoms with van der Waals surface area (Å²) in [5, 5.41) is 15.0. The van der Waals surface area contributed by atoms with Crippen LogP contribution in [0.4, 0.5) is 0 Å². The molecule has 0 N–H and O–H groups in total. The molecule has 0 saturated heterocycles. The van der Waals surface area contributed by atoms with E-state index in [1.54, 1.807) is 0 Å². The minimum absolute atomic E-state index is 1.20. The fourth-order valence-corrected chi connectivity index (χ4v) is 9.87. The molecule has 0 aromatic heterocycles. The number of hydrogen-bond donors (Lipinski definition) is 0. The molecule has 0 saturated carbocycles. The average Bonchev–Trinajstić information content (AvgIpc) is 3.32. The van der Waals surface area contributed by atoms with Gasteiger partial charge in [0.05, 0.1) is 0 Å². The molecule has 0 nitrogen and oxygen atoms in total. The van der Waals surface area contributed by atoms with Crippen molar-refractivity contribution in [3.8, 4) is 55.6 Å². The lowest BCUT2D eigenvalue weighted by Gasteiger charge is -2.20. The van der Waals surface area contributed by atoms with Gasteiger partial charge in [-0.1, -0.05) is 206 Å². The molecule has 0 fully saturated rings. The quantitative estimate of drug-likeness (QED) is 0.121. The maximum atomic E-state index is 2.46. The number of rotatable bonds is 5.